The molecular formula is C19H13F3O3. The summed E-state index contributed by atoms with van der Waals surface area (Å²) < 4.78 is 45.9. The molecule has 6 heteroatoms. The number of ether oxygens (including phenoxy) is 2. The molecule has 3 rings (SSSR count). The third-order valence-electron chi connectivity index (χ3n) is 3.60. The van der Waals surface area contributed by atoms with Crippen LogP contribution in [0.1, 0.15) is 15.9 Å². The van der Waals surface area contributed by atoms with Crippen molar-refractivity contribution in [2.75, 3.05) is 0 Å². The van der Waals surface area contributed by atoms with Crippen LogP contribution in [0.4, 0.5) is 13.2 Å². The first kappa shape index (κ1) is 16.8. The number of halogens is 3. The van der Waals surface area contributed by atoms with E-state index in [9.17, 15) is 18.0 Å². The number of hydrogen-bond donors (Lipinski definition) is 0. The fourth-order valence-electron chi connectivity index (χ4n) is 2.47. The molecule has 0 saturated heterocycles. The van der Waals surface area contributed by atoms with Gasteiger partial charge in [0.2, 0.25) is 0 Å². The van der Waals surface area contributed by atoms with Crippen LogP contribution in [0.3, 0.4) is 0 Å². The normalized spacial score (nSPS) is 11.3. The van der Waals surface area contributed by atoms with Gasteiger partial charge < -0.3 is 9.47 Å². The minimum atomic E-state index is -4.72. The van der Waals surface area contributed by atoms with Crippen LogP contribution >= 0.6 is 0 Å². The van der Waals surface area contributed by atoms with Crippen LogP contribution in [0.25, 0.3) is 10.8 Å². The second kappa shape index (κ2) is 6.84. The molecule has 0 heterocycles. The third kappa shape index (κ3) is 4.09. The second-order valence-corrected chi connectivity index (χ2v) is 5.30. The molecule has 0 aliphatic heterocycles. The summed E-state index contributed by atoms with van der Waals surface area (Å²) in [5.74, 6) is 0.125. The molecule has 25 heavy (non-hydrogen) atoms. The maximum atomic E-state index is 12.1. The monoisotopic (exact) mass is 346 g/mol. The zero-order chi connectivity index (χ0) is 17.9. The van der Waals surface area contributed by atoms with Gasteiger partial charge in [0.15, 0.2) is 6.29 Å². The molecule has 0 bridgehead atoms. The quantitative estimate of drug-likeness (QED) is 0.601. The maximum absolute atomic E-state index is 12.1. The lowest BCUT2D eigenvalue weighted by molar-refractivity contribution is -0.274. The Morgan fingerprint density at radius 3 is 2.32 bits per heavy atom. The van der Waals surface area contributed by atoms with Crippen LogP contribution in [0.5, 0.6) is 11.5 Å². The fraction of sp³-hybridized carbons (Fsp3) is 0.105. The first-order valence-corrected chi connectivity index (χ1v) is 7.41. The van der Waals surface area contributed by atoms with Crippen LogP contribution < -0.4 is 9.47 Å². The average molecular weight is 346 g/mol. The van der Waals surface area contributed by atoms with Crippen molar-refractivity contribution < 1.29 is 27.4 Å². The number of aldehydes is 1. The van der Waals surface area contributed by atoms with Crippen molar-refractivity contribution in [3.63, 3.8) is 0 Å². The topological polar surface area (TPSA) is 35.5 Å². The van der Waals surface area contributed by atoms with Gasteiger partial charge in [-0.2, -0.15) is 0 Å². The first-order chi connectivity index (χ1) is 12.0. The SMILES string of the molecule is O=Cc1c(OCc2ccc(OC(F)(F)F)cc2)ccc2ccccc12. The minimum Gasteiger partial charge on any atom is -0.488 e. The van der Waals surface area contributed by atoms with Crippen molar-refractivity contribution >= 4 is 17.1 Å². The van der Waals surface area contributed by atoms with Gasteiger partial charge in [-0.15, -0.1) is 13.2 Å². The number of carbonyl (C=O) groups excluding carboxylic acids is 1. The van der Waals surface area contributed by atoms with E-state index in [0.717, 1.165) is 17.1 Å². The first-order valence-electron chi connectivity index (χ1n) is 7.41. The summed E-state index contributed by atoms with van der Waals surface area (Å²) in [5, 5.41) is 1.70. The van der Waals surface area contributed by atoms with Crippen LogP contribution in [-0.4, -0.2) is 12.6 Å². The van der Waals surface area contributed by atoms with E-state index in [4.69, 9.17) is 4.74 Å². The van der Waals surface area contributed by atoms with Crippen LogP contribution in [0.2, 0.25) is 0 Å². The van der Waals surface area contributed by atoms with Crippen molar-refractivity contribution in [2.24, 2.45) is 0 Å². The lowest BCUT2D eigenvalue weighted by Gasteiger charge is -2.12. The molecule has 0 aromatic heterocycles. The molecule has 0 spiro atoms. The molecule has 0 saturated carbocycles. The predicted molar refractivity (Wildman–Crippen MR) is 86.8 cm³/mol. The van der Waals surface area contributed by atoms with E-state index in [1.54, 1.807) is 6.07 Å². The molecular weight excluding hydrogens is 333 g/mol. The van der Waals surface area contributed by atoms with E-state index in [2.05, 4.69) is 4.74 Å². The van der Waals surface area contributed by atoms with Gasteiger partial charge in [0.25, 0.3) is 0 Å². The molecule has 0 amide bonds. The second-order valence-electron chi connectivity index (χ2n) is 5.30. The van der Waals surface area contributed by atoms with Gasteiger partial charge in [-0.3, -0.25) is 4.79 Å². The van der Waals surface area contributed by atoms with Crippen LogP contribution in [-0.2, 0) is 6.61 Å². The van der Waals surface area contributed by atoms with E-state index < -0.39 is 6.36 Å². The zero-order valence-electron chi connectivity index (χ0n) is 12.9. The van der Waals surface area contributed by atoms with Crippen molar-refractivity contribution in [3.8, 4) is 11.5 Å². The number of rotatable bonds is 5. The third-order valence-corrected chi connectivity index (χ3v) is 3.60. The van der Waals surface area contributed by atoms with Crippen molar-refractivity contribution in [2.45, 2.75) is 13.0 Å². The van der Waals surface area contributed by atoms with Gasteiger partial charge in [-0.05, 0) is 34.5 Å². The van der Waals surface area contributed by atoms with Gasteiger partial charge in [0.05, 0.1) is 5.56 Å². The highest BCUT2D eigenvalue weighted by Gasteiger charge is 2.30. The number of carbonyl (C=O) groups is 1. The van der Waals surface area contributed by atoms with Gasteiger partial charge in [0.1, 0.15) is 18.1 Å². The number of alkyl halides is 3. The molecule has 0 unspecified atom stereocenters. The number of benzene rings is 3. The molecule has 0 aliphatic carbocycles. The van der Waals surface area contributed by atoms with Crippen LogP contribution in [0, 0.1) is 0 Å². The van der Waals surface area contributed by atoms with E-state index >= 15 is 0 Å². The Bertz CT molecular complexity index is 887. The highest BCUT2D eigenvalue weighted by molar-refractivity contribution is 6.00. The Balaban J connectivity index is 1.75. The van der Waals surface area contributed by atoms with E-state index in [-0.39, 0.29) is 12.4 Å². The summed E-state index contributed by atoms with van der Waals surface area (Å²) >= 11 is 0. The Labute approximate surface area is 141 Å². The van der Waals surface area contributed by atoms with Crippen molar-refractivity contribution in [1.29, 1.82) is 0 Å². The smallest absolute Gasteiger partial charge is 0.488 e. The Kier molecular flexibility index (Phi) is 4.61. The molecule has 0 aliphatic rings. The Morgan fingerprint density at radius 1 is 0.920 bits per heavy atom. The highest BCUT2D eigenvalue weighted by Crippen LogP contribution is 2.28. The van der Waals surface area contributed by atoms with Gasteiger partial charge in [-0.25, -0.2) is 0 Å². The summed E-state index contributed by atoms with van der Waals surface area (Å²) in [5.41, 5.74) is 1.09. The maximum Gasteiger partial charge on any atom is 0.573 e. The standard InChI is InChI=1S/C19H13F3O3/c20-19(21,22)25-15-8-5-13(6-9-15)12-24-18-10-7-14-3-1-2-4-16(14)17(18)11-23/h1-11H,12H2. The van der Waals surface area contributed by atoms with Crippen molar-refractivity contribution in [1.82, 2.24) is 0 Å². The molecule has 0 fully saturated rings. The average Bonchev–Trinajstić information content (AvgIpc) is 2.59. The van der Waals surface area contributed by atoms with Crippen molar-refractivity contribution in [3.05, 3.63) is 71.8 Å². The summed E-state index contributed by atoms with van der Waals surface area (Å²) in [6.07, 6.45) is -3.99. The summed E-state index contributed by atoms with van der Waals surface area (Å²) in [7, 11) is 0. The lowest BCUT2D eigenvalue weighted by atomic mass is 10.0. The molecule has 3 aromatic carbocycles. The van der Waals surface area contributed by atoms with E-state index in [1.807, 2.05) is 30.3 Å². The van der Waals surface area contributed by atoms with E-state index in [1.165, 1.54) is 24.3 Å². The predicted octanol–water partition coefficient (Wildman–Crippen LogP) is 5.13. The van der Waals surface area contributed by atoms with E-state index in [0.29, 0.717) is 16.9 Å². The van der Waals surface area contributed by atoms with Gasteiger partial charge >= 0.3 is 6.36 Å². The lowest BCUT2D eigenvalue weighted by Crippen LogP contribution is -2.17. The summed E-state index contributed by atoms with van der Waals surface area (Å²) in [6, 6.07) is 16.4. The summed E-state index contributed by atoms with van der Waals surface area (Å²) in [4.78, 5) is 11.4. The number of hydrogen-bond acceptors (Lipinski definition) is 3. The molecule has 3 aromatic rings. The molecule has 0 N–H and O–H groups in total. The molecule has 0 atom stereocenters. The van der Waals surface area contributed by atoms with Gasteiger partial charge in [-0.1, -0.05) is 42.5 Å². The largest absolute Gasteiger partial charge is 0.573 e. The van der Waals surface area contributed by atoms with Crippen LogP contribution in [0.15, 0.2) is 60.7 Å². The zero-order valence-corrected chi connectivity index (χ0v) is 12.9. The molecule has 3 nitrogen and oxygen atoms in total. The fourth-order valence-corrected chi connectivity index (χ4v) is 2.47. The molecule has 0 radical (unpaired) electrons. The number of fused-ring (bicyclic) bond motifs is 1. The minimum absolute atomic E-state index is 0.117. The van der Waals surface area contributed by atoms with Gasteiger partial charge in [0, 0.05) is 0 Å². The summed E-state index contributed by atoms with van der Waals surface area (Å²) in [6.45, 7) is 0.117. The Hall–Kier alpha value is -3.02. The Morgan fingerprint density at radius 2 is 1.64 bits per heavy atom. The highest BCUT2D eigenvalue weighted by atomic mass is 19.4. The molecule has 128 valence electrons.